The Morgan fingerprint density at radius 2 is 2.08 bits per heavy atom. The Balaban J connectivity index is 0. The average Bonchev–Trinajstić information content (AvgIpc) is 2.42. The van der Waals surface area contributed by atoms with Crippen LogP contribution in [-0.4, -0.2) is 5.25 Å². The molecule has 0 aromatic heterocycles. The van der Waals surface area contributed by atoms with E-state index in [1.54, 1.807) is 0 Å². The van der Waals surface area contributed by atoms with Crippen LogP contribution in [0.1, 0.15) is 13.3 Å². The van der Waals surface area contributed by atoms with Crippen molar-refractivity contribution in [1.29, 1.82) is 0 Å². The van der Waals surface area contributed by atoms with Gasteiger partial charge in [-0.2, -0.15) is 0 Å². The number of hydrogen-bond donors (Lipinski definition) is 0. The molecule has 1 aliphatic heterocycles. The molecule has 2 aliphatic rings. The third-order valence-electron chi connectivity index (χ3n) is 1.85. The first kappa shape index (κ1) is 16.5. The molecule has 4 heteroatoms. The van der Waals surface area contributed by atoms with Crippen molar-refractivity contribution < 1.29 is 51.0 Å². The molecule has 0 N–H and O–H groups in total. The largest absolute Gasteiger partial charge is 2.00 e. The van der Waals surface area contributed by atoms with E-state index in [9.17, 15) is 0 Å². The second kappa shape index (κ2) is 7.34. The molecule has 1 atom stereocenters. The summed E-state index contributed by atoms with van der Waals surface area (Å²) < 4.78 is 0. The van der Waals surface area contributed by atoms with Crippen LogP contribution < -0.4 is 24.8 Å². The Morgan fingerprint density at radius 1 is 1.38 bits per heavy atom. The fourth-order valence-electron chi connectivity index (χ4n) is 1.26. The van der Waals surface area contributed by atoms with Gasteiger partial charge >= 0.3 is 26.2 Å². The van der Waals surface area contributed by atoms with E-state index in [-0.39, 0.29) is 51.0 Å². The van der Waals surface area contributed by atoms with Gasteiger partial charge < -0.3 is 24.8 Å². The molecule has 0 saturated carbocycles. The maximum Gasteiger partial charge on any atom is 2.00 e. The van der Waals surface area contributed by atoms with Gasteiger partial charge in [-0.05, 0) is 18.1 Å². The minimum absolute atomic E-state index is 0. The molecule has 1 aliphatic carbocycles. The van der Waals surface area contributed by atoms with Crippen molar-refractivity contribution >= 4 is 11.8 Å². The molecule has 1 heterocycles. The van der Waals surface area contributed by atoms with Gasteiger partial charge in [0.25, 0.3) is 0 Å². The quantitative estimate of drug-likeness (QED) is 0.494. The van der Waals surface area contributed by atoms with Gasteiger partial charge in [0.05, 0.1) is 0 Å². The van der Waals surface area contributed by atoms with E-state index in [0.717, 1.165) is 5.25 Å². The molecule has 0 aromatic carbocycles. The molecule has 13 heavy (non-hydrogen) atoms. The summed E-state index contributed by atoms with van der Waals surface area (Å²) in [6.45, 7) is 2.24. The molecule has 0 radical (unpaired) electrons. The third-order valence-corrected chi connectivity index (χ3v) is 3.25. The van der Waals surface area contributed by atoms with Crippen LogP contribution in [0.4, 0.5) is 0 Å². The summed E-state index contributed by atoms with van der Waals surface area (Å²) in [4.78, 5) is 1.46. The predicted octanol–water partition coefficient (Wildman–Crippen LogP) is -3.10. The number of thioether (sulfide) groups is 1. The molecule has 0 aromatic rings. The predicted molar refractivity (Wildman–Crippen MR) is 47.0 cm³/mol. The summed E-state index contributed by atoms with van der Waals surface area (Å²) >= 11 is 1.99. The van der Waals surface area contributed by atoms with Crippen LogP contribution in [0.5, 0.6) is 0 Å². The van der Waals surface area contributed by atoms with Crippen LogP contribution in [0.2, 0.25) is 0 Å². The van der Waals surface area contributed by atoms with Gasteiger partial charge in [0.2, 0.25) is 0 Å². The number of allylic oxidation sites excluding steroid dienone is 4. The molecular weight excluding hydrogens is 302 g/mol. The van der Waals surface area contributed by atoms with Crippen LogP contribution in [0.25, 0.3) is 0 Å². The second-order valence-electron chi connectivity index (χ2n) is 2.58. The third kappa shape index (κ3) is 3.59. The van der Waals surface area contributed by atoms with E-state index >= 15 is 0 Å². The first-order valence-electron chi connectivity index (χ1n) is 3.67. The molecule has 0 saturated heterocycles. The number of hydrogen-bond acceptors (Lipinski definition) is 1. The smallest absolute Gasteiger partial charge is 1.00 e. The molecule has 0 bridgehead atoms. The van der Waals surface area contributed by atoms with Crippen LogP contribution in [0.3, 0.4) is 0 Å². The molecule has 1 unspecified atom stereocenters. The maximum atomic E-state index is 2.36. The molecule has 0 spiro atoms. The summed E-state index contributed by atoms with van der Waals surface area (Å²) in [6, 6.07) is 0. The molecule has 0 fully saturated rings. The maximum absolute atomic E-state index is 2.36. The van der Waals surface area contributed by atoms with Crippen LogP contribution in [-0.2, 0) is 26.2 Å². The van der Waals surface area contributed by atoms with Crippen molar-refractivity contribution in [2.75, 3.05) is 0 Å². The Labute approximate surface area is 115 Å². The van der Waals surface area contributed by atoms with Crippen LogP contribution in [0.15, 0.2) is 34.8 Å². The zero-order valence-electron chi connectivity index (χ0n) is 7.26. The van der Waals surface area contributed by atoms with Gasteiger partial charge in [0.15, 0.2) is 0 Å². The Bertz CT molecular complexity index is 246. The van der Waals surface area contributed by atoms with Crippen molar-refractivity contribution in [3.05, 3.63) is 34.8 Å². The van der Waals surface area contributed by atoms with Gasteiger partial charge in [-0.15, -0.1) is 11.8 Å². The van der Waals surface area contributed by atoms with Crippen molar-refractivity contribution in [2.45, 2.75) is 18.6 Å². The summed E-state index contributed by atoms with van der Waals surface area (Å²) in [7, 11) is 0. The van der Waals surface area contributed by atoms with Crippen molar-refractivity contribution in [1.82, 2.24) is 0 Å². The van der Waals surface area contributed by atoms with E-state index in [1.165, 1.54) is 16.9 Å². The molecule has 0 nitrogen and oxygen atoms in total. The van der Waals surface area contributed by atoms with E-state index < -0.39 is 0 Å². The van der Waals surface area contributed by atoms with Crippen LogP contribution >= 0.6 is 11.8 Å². The fourth-order valence-corrected chi connectivity index (χ4v) is 2.40. The van der Waals surface area contributed by atoms with Crippen LogP contribution in [0, 0.1) is 0 Å². The Kier molecular flexibility index (Phi) is 9.30. The van der Waals surface area contributed by atoms with E-state index in [2.05, 4.69) is 31.2 Å². The van der Waals surface area contributed by atoms with E-state index in [0.29, 0.717) is 0 Å². The molecule has 2 rings (SSSR count). The second-order valence-corrected chi connectivity index (χ2v) is 3.86. The summed E-state index contributed by atoms with van der Waals surface area (Å²) in [5, 5.41) is 0.742. The number of rotatable bonds is 1. The summed E-state index contributed by atoms with van der Waals surface area (Å²) in [6.07, 6.45) is 10.1. The van der Waals surface area contributed by atoms with Crippen molar-refractivity contribution in [2.24, 2.45) is 0 Å². The average molecular weight is 312 g/mol. The first-order valence-corrected chi connectivity index (χ1v) is 4.55. The molecule has 0 amide bonds. The number of halogens is 2. The Morgan fingerprint density at radius 3 is 2.62 bits per heavy atom. The van der Waals surface area contributed by atoms with Gasteiger partial charge in [-0.25, -0.2) is 0 Å². The minimum Gasteiger partial charge on any atom is -1.00 e. The van der Waals surface area contributed by atoms with E-state index in [4.69, 9.17) is 0 Å². The summed E-state index contributed by atoms with van der Waals surface area (Å²) in [5.74, 6) is 0. The Hall–Kier alpha value is 1.03. The van der Waals surface area contributed by atoms with Crippen molar-refractivity contribution in [3.63, 3.8) is 0 Å². The van der Waals surface area contributed by atoms with E-state index in [1.807, 2.05) is 11.8 Å². The standard InChI is InChI=1S/C9H10S.2ClH.Zr/c1-2-8-6-7-4-3-5-9(7)10-8;;;/h3-6,8H,2H2,1H3;2*1H;/q;;;+2/p-2. The SMILES string of the molecule is CCC1C=C2C=CC=C2S1.[Cl-].[Cl-].[Zr+2]. The monoisotopic (exact) mass is 310 g/mol. The van der Waals surface area contributed by atoms with Gasteiger partial charge in [0.1, 0.15) is 0 Å². The number of fused-ring (bicyclic) bond motifs is 1. The fraction of sp³-hybridized carbons (Fsp3) is 0.333. The van der Waals surface area contributed by atoms with Gasteiger partial charge in [0, 0.05) is 10.2 Å². The molecule has 70 valence electrons. The zero-order chi connectivity index (χ0) is 6.97. The minimum atomic E-state index is 0. The van der Waals surface area contributed by atoms with Crippen molar-refractivity contribution in [3.8, 4) is 0 Å². The normalized spacial score (nSPS) is 21.8. The topological polar surface area (TPSA) is 0 Å². The summed E-state index contributed by atoms with van der Waals surface area (Å²) in [5.41, 5.74) is 1.44. The zero-order valence-corrected chi connectivity index (χ0v) is 12.0. The first-order chi connectivity index (χ1) is 4.90. The van der Waals surface area contributed by atoms with Gasteiger partial charge in [-0.3, -0.25) is 0 Å². The molecular formula is C9H10Cl2SZr. The van der Waals surface area contributed by atoms with Gasteiger partial charge in [-0.1, -0.05) is 25.2 Å².